The van der Waals surface area contributed by atoms with Gasteiger partial charge in [-0.3, -0.25) is 0 Å². The lowest BCUT2D eigenvalue weighted by Crippen LogP contribution is -2.42. The van der Waals surface area contributed by atoms with Crippen LogP contribution in [0.5, 0.6) is 0 Å². The molecule has 0 aromatic carbocycles. The number of nitrogens with zero attached hydrogens (tertiary/aromatic N) is 1. The van der Waals surface area contributed by atoms with Crippen LogP contribution in [0.2, 0.25) is 0 Å². The van der Waals surface area contributed by atoms with Crippen molar-refractivity contribution in [2.75, 3.05) is 26.8 Å². The minimum atomic E-state index is 0.643. The maximum Gasteiger partial charge on any atom is 0.169 e. The highest BCUT2D eigenvalue weighted by Gasteiger charge is 2.23. The fraction of sp³-hybridized carbons (Fsp3) is 0.889. The molecule has 1 N–H and O–H groups in total. The lowest BCUT2D eigenvalue weighted by atomic mass is 10.5. The zero-order valence-electron chi connectivity index (χ0n) is 8.38. The topological polar surface area (TPSA) is 24.5 Å². The number of ether oxygens (including phenoxy) is 1. The van der Waals surface area contributed by atoms with Crippen molar-refractivity contribution in [2.45, 2.75) is 25.8 Å². The zero-order chi connectivity index (χ0) is 9.68. The molecule has 1 saturated carbocycles. The summed E-state index contributed by atoms with van der Waals surface area (Å²) in [6.07, 6.45) is 2.53. The molecule has 0 bridgehead atoms. The molecule has 76 valence electrons. The first-order valence-electron chi connectivity index (χ1n) is 4.82. The van der Waals surface area contributed by atoms with E-state index in [1.165, 1.54) is 12.8 Å². The Morgan fingerprint density at radius 3 is 2.77 bits per heavy atom. The van der Waals surface area contributed by atoms with Crippen LogP contribution < -0.4 is 5.32 Å². The van der Waals surface area contributed by atoms with Crippen molar-refractivity contribution in [2.24, 2.45) is 0 Å². The number of thiocarbonyl (C=S) groups is 1. The van der Waals surface area contributed by atoms with Gasteiger partial charge in [-0.2, -0.15) is 0 Å². The largest absolute Gasteiger partial charge is 0.383 e. The normalized spacial score (nSPS) is 15.5. The highest BCUT2D eigenvalue weighted by Crippen LogP contribution is 2.18. The van der Waals surface area contributed by atoms with Gasteiger partial charge in [0.2, 0.25) is 0 Å². The van der Waals surface area contributed by atoms with Gasteiger partial charge in [-0.05, 0) is 32.0 Å². The van der Waals surface area contributed by atoms with E-state index in [0.717, 1.165) is 24.8 Å². The molecule has 0 atom stereocenters. The van der Waals surface area contributed by atoms with Gasteiger partial charge in [0.05, 0.1) is 6.61 Å². The predicted molar refractivity (Wildman–Crippen MR) is 57.9 cm³/mol. The molecule has 0 unspecified atom stereocenters. The van der Waals surface area contributed by atoms with Crippen molar-refractivity contribution < 1.29 is 4.74 Å². The fourth-order valence-electron chi connectivity index (χ4n) is 1.10. The fourth-order valence-corrected chi connectivity index (χ4v) is 1.49. The van der Waals surface area contributed by atoms with Crippen LogP contribution in [0.25, 0.3) is 0 Å². The molecule has 0 radical (unpaired) electrons. The summed E-state index contributed by atoms with van der Waals surface area (Å²) in [6.45, 7) is 4.67. The molecule has 13 heavy (non-hydrogen) atoms. The van der Waals surface area contributed by atoms with Crippen LogP contribution in [0.1, 0.15) is 19.8 Å². The van der Waals surface area contributed by atoms with Crippen LogP contribution in [-0.2, 0) is 4.74 Å². The van der Waals surface area contributed by atoms with Crippen LogP contribution in [0.3, 0.4) is 0 Å². The first kappa shape index (κ1) is 10.7. The zero-order valence-corrected chi connectivity index (χ0v) is 9.19. The average Bonchev–Trinajstić information content (AvgIpc) is 2.90. The Balaban J connectivity index is 2.21. The van der Waals surface area contributed by atoms with Crippen LogP contribution in [0, 0.1) is 0 Å². The Bertz CT molecular complexity index is 171. The summed E-state index contributed by atoms with van der Waals surface area (Å²) in [5.41, 5.74) is 0. The lowest BCUT2D eigenvalue weighted by molar-refractivity contribution is 0.177. The van der Waals surface area contributed by atoms with E-state index in [2.05, 4.69) is 17.1 Å². The van der Waals surface area contributed by atoms with Crippen molar-refractivity contribution in [1.29, 1.82) is 0 Å². The van der Waals surface area contributed by atoms with E-state index in [1.54, 1.807) is 7.11 Å². The SMILES string of the molecule is CCN(CCOC)C(=S)NC1CC1. The number of hydrogen-bond acceptors (Lipinski definition) is 2. The van der Waals surface area contributed by atoms with Gasteiger partial charge in [0.25, 0.3) is 0 Å². The minimum absolute atomic E-state index is 0.643. The van der Waals surface area contributed by atoms with Gasteiger partial charge in [0, 0.05) is 26.2 Å². The van der Waals surface area contributed by atoms with Gasteiger partial charge in [-0.25, -0.2) is 0 Å². The van der Waals surface area contributed by atoms with Crippen LogP contribution >= 0.6 is 12.2 Å². The number of nitrogens with one attached hydrogen (secondary N) is 1. The van der Waals surface area contributed by atoms with Crippen molar-refractivity contribution in [3.63, 3.8) is 0 Å². The third kappa shape index (κ3) is 3.91. The monoisotopic (exact) mass is 202 g/mol. The molecule has 0 amide bonds. The van der Waals surface area contributed by atoms with E-state index < -0.39 is 0 Å². The number of methoxy groups -OCH3 is 1. The molecular formula is C9H18N2OS. The van der Waals surface area contributed by atoms with E-state index in [9.17, 15) is 0 Å². The van der Waals surface area contributed by atoms with E-state index >= 15 is 0 Å². The van der Waals surface area contributed by atoms with Gasteiger partial charge in [-0.1, -0.05) is 0 Å². The smallest absolute Gasteiger partial charge is 0.169 e. The molecule has 1 aliphatic carbocycles. The molecule has 0 spiro atoms. The second-order valence-electron chi connectivity index (χ2n) is 3.30. The van der Waals surface area contributed by atoms with Crippen molar-refractivity contribution >= 4 is 17.3 Å². The second kappa shape index (κ2) is 5.40. The summed E-state index contributed by atoms with van der Waals surface area (Å²) in [5.74, 6) is 0. The van der Waals surface area contributed by atoms with E-state index in [0.29, 0.717) is 6.04 Å². The molecule has 0 heterocycles. The van der Waals surface area contributed by atoms with Crippen LogP contribution in [0.15, 0.2) is 0 Å². The number of likely N-dealkylation sites (N-methyl/N-ethyl adjacent to an activating group) is 1. The molecule has 0 aromatic heterocycles. The summed E-state index contributed by atoms with van der Waals surface area (Å²) in [6, 6.07) is 0.643. The summed E-state index contributed by atoms with van der Waals surface area (Å²) < 4.78 is 5.02. The Morgan fingerprint density at radius 1 is 1.62 bits per heavy atom. The molecule has 0 aromatic rings. The Morgan fingerprint density at radius 2 is 2.31 bits per heavy atom. The third-order valence-electron chi connectivity index (χ3n) is 2.14. The lowest BCUT2D eigenvalue weighted by Gasteiger charge is -2.23. The maximum absolute atomic E-state index is 5.26. The number of rotatable bonds is 5. The summed E-state index contributed by atoms with van der Waals surface area (Å²) in [4.78, 5) is 2.14. The molecule has 1 rings (SSSR count). The Hall–Kier alpha value is -0.350. The number of hydrogen-bond donors (Lipinski definition) is 1. The summed E-state index contributed by atoms with van der Waals surface area (Å²) in [5, 5.41) is 4.19. The predicted octanol–water partition coefficient (Wildman–Crippen LogP) is 0.992. The van der Waals surface area contributed by atoms with Gasteiger partial charge in [0.1, 0.15) is 0 Å². The van der Waals surface area contributed by atoms with Crippen LogP contribution in [-0.4, -0.2) is 42.9 Å². The molecular weight excluding hydrogens is 184 g/mol. The Labute approximate surface area is 85.4 Å². The Kier molecular flexibility index (Phi) is 4.45. The first-order chi connectivity index (χ1) is 6.27. The standard InChI is InChI=1S/C9H18N2OS/c1-3-11(6-7-12-2)9(13)10-8-4-5-8/h8H,3-7H2,1-2H3,(H,10,13). The summed E-state index contributed by atoms with van der Waals surface area (Å²) >= 11 is 5.26. The first-order valence-corrected chi connectivity index (χ1v) is 5.23. The van der Waals surface area contributed by atoms with Crippen molar-refractivity contribution in [3.8, 4) is 0 Å². The van der Waals surface area contributed by atoms with E-state index in [4.69, 9.17) is 17.0 Å². The second-order valence-corrected chi connectivity index (χ2v) is 3.68. The van der Waals surface area contributed by atoms with Gasteiger partial charge in [-0.15, -0.1) is 0 Å². The summed E-state index contributed by atoms with van der Waals surface area (Å²) in [7, 11) is 1.71. The molecule has 0 aliphatic heterocycles. The molecule has 1 fully saturated rings. The van der Waals surface area contributed by atoms with Crippen LogP contribution in [0.4, 0.5) is 0 Å². The van der Waals surface area contributed by atoms with E-state index in [-0.39, 0.29) is 0 Å². The average molecular weight is 202 g/mol. The molecule has 1 aliphatic rings. The molecule has 3 nitrogen and oxygen atoms in total. The van der Waals surface area contributed by atoms with Crippen molar-refractivity contribution in [1.82, 2.24) is 10.2 Å². The minimum Gasteiger partial charge on any atom is -0.383 e. The molecule has 4 heteroatoms. The quantitative estimate of drug-likeness (QED) is 0.672. The van der Waals surface area contributed by atoms with Gasteiger partial charge < -0.3 is 15.0 Å². The molecule has 0 saturated heterocycles. The van der Waals surface area contributed by atoms with E-state index in [1.807, 2.05) is 0 Å². The van der Waals surface area contributed by atoms with Crippen molar-refractivity contribution in [3.05, 3.63) is 0 Å². The third-order valence-corrected chi connectivity index (χ3v) is 2.52. The van der Waals surface area contributed by atoms with Gasteiger partial charge in [0.15, 0.2) is 5.11 Å². The highest BCUT2D eigenvalue weighted by atomic mass is 32.1. The van der Waals surface area contributed by atoms with Gasteiger partial charge >= 0.3 is 0 Å². The highest BCUT2D eigenvalue weighted by molar-refractivity contribution is 7.80. The maximum atomic E-state index is 5.26.